The maximum Gasteiger partial charge on any atom is 0.220 e. The number of carbonyl (C=O) groups is 1. The van der Waals surface area contributed by atoms with Crippen molar-refractivity contribution in [3.63, 3.8) is 0 Å². The molecule has 1 aromatic rings. The third-order valence-electron chi connectivity index (χ3n) is 2.31. The van der Waals surface area contributed by atoms with Crippen LogP contribution < -0.4 is 5.32 Å². The molecule has 1 atom stereocenters. The predicted molar refractivity (Wildman–Crippen MR) is 65.8 cm³/mol. The van der Waals surface area contributed by atoms with Gasteiger partial charge >= 0.3 is 0 Å². The van der Waals surface area contributed by atoms with Gasteiger partial charge in [-0.15, -0.1) is 12.3 Å². The molecule has 0 aliphatic rings. The van der Waals surface area contributed by atoms with Crippen molar-refractivity contribution in [3.8, 4) is 12.3 Å². The van der Waals surface area contributed by atoms with Crippen molar-refractivity contribution in [1.82, 2.24) is 5.32 Å². The zero-order valence-corrected chi connectivity index (χ0v) is 9.57. The fraction of sp³-hybridized carbons (Fsp3) is 0.357. The fourth-order valence-electron chi connectivity index (χ4n) is 1.48. The average Bonchev–Trinajstić information content (AvgIpc) is 2.28. The van der Waals surface area contributed by atoms with Crippen molar-refractivity contribution >= 4 is 5.91 Å². The summed E-state index contributed by atoms with van der Waals surface area (Å²) in [6.07, 6.45) is 7.04. The molecule has 0 radical (unpaired) electrons. The zero-order chi connectivity index (χ0) is 11.8. The number of amides is 1. The van der Waals surface area contributed by atoms with Gasteiger partial charge < -0.3 is 5.32 Å². The molecule has 1 unspecified atom stereocenters. The number of terminal acetylenes is 1. The van der Waals surface area contributed by atoms with E-state index in [0.29, 0.717) is 12.8 Å². The minimum Gasteiger partial charge on any atom is -0.353 e. The lowest BCUT2D eigenvalue weighted by molar-refractivity contribution is -0.121. The Hall–Kier alpha value is -1.75. The Morgan fingerprint density at radius 3 is 2.75 bits per heavy atom. The summed E-state index contributed by atoms with van der Waals surface area (Å²) in [5.41, 5.74) is 1.18. The third-order valence-corrected chi connectivity index (χ3v) is 2.31. The van der Waals surface area contributed by atoms with Gasteiger partial charge in [0.2, 0.25) is 5.91 Å². The van der Waals surface area contributed by atoms with E-state index in [2.05, 4.69) is 11.2 Å². The van der Waals surface area contributed by atoms with E-state index in [-0.39, 0.29) is 11.9 Å². The molecule has 1 amide bonds. The summed E-state index contributed by atoms with van der Waals surface area (Å²) in [6.45, 7) is 1.92. The van der Waals surface area contributed by atoms with Crippen LogP contribution in [-0.2, 0) is 11.2 Å². The van der Waals surface area contributed by atoms with Crippen LogP contribution in [-0.4, -0.2) is 11.9 Å². The summed E-state index contributed by atoms with van der Waals surface area (Å²) in [4.78, 5) is 11.5. The Kier molecular flexibility index (Phi) is 5.15. The molecule has 84 valence electrons. The van der Waals surface area contributed by atoms with Gasteiger partial charge in [0, 0.05) is 18.9 Å². The first kappa shape index (κ1) is 12.3. The number of aryl methyl sites for hydroxylation is 1. The molecular weight excluding hydrogens is 198 g/mol. The second kappa shape index (κ2) is 6.68. The molecule has 0 aromatic heterocycles. The number of hydrogen-bond donors (Lipinski definition) is 1. The highest BCUT2D eigenvalue weighted by atomic mass is 16.1. The van der Waals surface area contributed by atoms with Gasteiger partial charge in [0.15, 0.2) is 0 Å². The average molecular weight is 215 g/mol. The Morgan fingerprint density at radius 2 is 2.12 bits per heavy atom. The number of hydrogen-bond acceptors (Lipinski definition) is 1. The number of nitrogens with one attached hydrogen (secondary N) is 1. The van der Waals surface area contributed by atoms with Crippen LogP contribution in [0.2, 0.25) is 0 Å². The van der Waals surface area contributed by atoms with E-state index in [4.69, 9.17) is 6.42 Å². The summed E-state index contributed by atoms with van der Waals surface area (Å²) >= 11 is 0. The van der Waals surface area contributed by atoms with E-state index >= 15 is 0 Å². The summed E-state index contributed by atoms with van der Waals surface area (Å²) in [5.74, 6) is 2.59. The molecule has 0 aliphatic heterocycles. The van der Waals surface area contributed by atoms with E-state index < -0.39 is 0 Å². The van der Waals surface area contributed by atoms with Crippen molar-refractivity contribution in [1.29, 1.82) is 0 Å². The summed E-state index contributed by atoms with van der Waals surface area (Å²) in [5, 5.41) is 2.87. The maximum atomic E-state index is 11.5. The fourth-order valence-corrected chi connectivity index (χ4v) is 1.48. The first-order chi connectivity index (χ1) is 7.72. The van der Waals surface area contributed by atoms with Gasteiger partial charge in [-0.05, 0) is 18.9 Å². The molecule has 1 rings (SSSR count). The highest BCUT2D eigenvalue weighted by Crippen LogP contribution is 2.02. The molecule has 0 saturated carbocycles. The predicted octanol–water partition coefficient (Wildman–Crippen LogP) is 2.15. The molecule has 0 saturated heterocycles. The first-order valence-corrected chi connectivity index (χ1v) is 5.49. The van der Waals surface area contributed by atoms with Crippen LogP contribution in [0.3, 0.4) is 0 Å². The Morgan fingerprint density at radius 1 is 1.44 bits per heavy atom. The quantitative estimate of drug-likeness (QED) is 0.749. The zero-order valence-electron chi connectivity index (χ0n) is 9.57. The smallest absolute Gasteiger partial charge is 0.220 e. The van der Waals surface area contributed by atoms with Crippen LogP contribution in [0.4, 0.5) is 0 Å². The van der Waals surface area contributed by atoms with Crippen LogP contribution in [0.25, 0.3) is 0 Å². The normalized spacial score (nSPS) is 11.5. The van der Waals surface area contributed by atoms with E-state index in [1.54, 1.807) is 0 Å². The molecule has 1 aromatic carbocycles. The van der Waals surface area contributed by atoms with Crippen LogP contribution in [0, 0.1) is 12.3 Å². The van der Waals surface area contributed by atoms with Gasteiger partial charge in [-0.25, -0.2) is 0 Å². The number of rotatable bonds is 5. The minimum absolute atomic E-state index is 0.0617. The molecule has 2 heteroatoms. The molecule has 0 spiro atoms. The number of benzene rings is 1. The molecule has 16 heavy (non-hydrogen) atoms. The summed E-state index contributed by atoms with van der Waals surface area (Å²) in [6, 6.07) is 10.0. The van der Waals surface area contributed by atoms with Crippen molar-refractivity contribution in [2.45, 2.75) is 32.2 Å². The lowest BCUT2D eigenvalue weighted by Crippen LogP contribution is -2.32. The topological polar surface area (TPSA) is 29.1 Å². The Balaban J connectivity index is 2.28. The van der Waals surface area contributed by atoms with E-state index in [0.717, 1.165) is 6.42 Å². The molecule has 2 nitrogen and oxygen atoms in total. The summed E-state index contributed by atoms with van der Waals surface area (Å²) < 4.78 is 0. The van der Waals surface area contributed by atoms with Gasteiger partial charge in [0.05, 0.1) is 0 Å². The standard InChI is InChI=1S/C14H17NO/c1-3-7-12(2)15-14(16)11-10-13-8-5-4-6-9-13/h1,4-6,8-9,12H,7,10-11H2,2H3,(H,15,16). The highest BCUT2D eigenvalue weighted by Gasteiger charge is 2.05. The van der Waals surface area contributed by atoms with Gasteiger partial charge in [0.25, 0.3) is 0 Å². The van der Waals surface area contributed by atoms with Crippen molar-refractivity contribution < 1.29 is 4.79 Å². The molecule has 0 fully saturated rings. The molecular formula is C14H17NO. The number of carbonyl (C=O) groups excluding carboxylic acids is 1. The van der Waals surface area contributed by atoms with Crippen molar-refractivity contribution in [2.24, 2.45) is 0 Å². The van der Waals surface area contributed by atoms with Crippen molar-refractivity contribution in [3.05, 3.63) is 35.9 Å². The van der Waals surface area contributed by atoms with Crippen LogP contribution in [0.5, 0.6) is 0 Å². The summed E-state index contributed by atoms with van der Waals surface area (Å²) in [7, 11) is 0. The largest absolute Gasteiger partial charge is 0.353 e. The first-order valence-electron chi connectivity index (χ1n) is 5.49. The van der Waals surface area contributed by atoms with E-state index in [9.17, 15) is 4.79 Å². The molecule has 0 bridgehead atoms. The Labute approximate surface area is 97.1 Å². The lowest BCUT2D eigenvalue weighted by atomic mass is 10.1. The van der Waals surface area contributed by atoms with Gasteiger partial charge in [-0.2, -0.15) is 0 Å². The van der Waals surface area contributed by atoms with E-state index in [1.165, 1.54) is 5.56 Å². The van der Waals surface area contributed by atoms with Crippen LogP contribution in [0.1, 0.15) is 25.3 Å². The SMILES string of the molecule is C#CCC(C)NC(=O)CCc1ccccc1. The Bertz CT molecular complexity index is 364. The second-order valence-corrected chi connectivity index (χ2v) is 3.86. The second-order valence-electron chi connectivity index (χ2n) is 3.86. The maximum absolute atomic E-state index is 11.5. The van der Waals surface area contributed by atoms with Gasteiger partial charge in [-0.3, -0.25) is 4.79 Å². The minimum atomic E-state index is 0.0617. The van der Waals surface area contributed by atoms with Gasteiger partial charge in [0.1, 0.15) is 0 Å². The third kappa shape index (κ3) is 4.65. The lowest BCUT2D eigenvalue weighted by Gasteiger charge is -2.10. The molecule has 0 aliphatic carbocycles. The van der Waals surface area contributed by atoms with Gasteiger partial charge in [-0.1, -0.05) is 30.3 Å². The highest BCUT2D eigenvalue weighted by molar-refractivity contribution is 5.76. The van der Waals surface area contributed by atoms with Crippen LogP contribution in [0.15, 0.2) is 30.3 Å². The molecule has 0 heterocycles. The monoisotopic (exact) mass is 215 g/mol. The van der Waals surface area contributed by atoms with Crippen LogP contribution >= 0.6 is 0 Å². The van der Waals surface area contributed by atoms with Crippen molar-refractivity contribution in [2.75, 3.05) is 0 Å². The molecule has 1 N–H and O–H groups in total. The van der Waals surface area contributed by atoms with E-state index in [1.807, 2.05) is 37.3 Å².